The Balaban J connectivity index is 1.89. The summed E-state index contributed by atoms with van der Waals surface area (Å²) in [5.74, 6) is 0.825. The summed E-state index contributed by atoms with van der Waals surface area (Å²) in [5.41, 5.74) is 7.02. The topological polar surface area (TPSA) is 47.3 Å². The van der Waals surface area contributed by atoms with Crippen LogP contribution in [0.1, 0.15) is 39.0 Å². The first-order chi connectivity index (χ1) is 9.20. The third kappa shape index (κ3) is 4.30. The minimum absolute atomic E-state index is 0.278. The summed E-state index contributed by atoms with van der Waals surface area (Å²) in [7, 11) is 0. The number of rotatable bonds is 8. The summed E-state index contributed by atoms with van der Waals surface area (Å²) in [4.78, 5) is 0. The first-order valence-corrected chi connectivity index (χ1v) is 7.16. The number of ether oxygens (including phenoxy) is 1. The molecule has 0 unspecified atom stereocenters. The second kappa shape index (κ2) is 6.64. The van der Waals surface area contributed by atoms with Crippen LogP contribution in [-0.2, 0) is 0 Å². The number of hydrogen-bond donors (Lipinski definition) is 2. The van der Waals surface area contributed by atoms with Crippen LogP contribution in [0.4, 0.5) is 15.8 Å². The fraction of sp³-hybridized carbons (Fsp3) is 0.600. The van der Waals surface area contributed by atoms with Crippen LogP contribution in [0.3, 0.4) is 0 Å². The molecule has 1 aromatic carbocycles. The Morgan fingerprint density at radius 2 is 2.21 bits per heavy atom. The average molecular weight is 266 g/mol. The zero-order chi connectivity index (χ0) is 13.7. The number of hydrogen-bond acceptors (Lipinski definition) is 3. The van der Waals surface area contributed by atoms with Crippen molar-refractivity contribution in [3.8, 4) is 5.75 Å². The van der Waals surface area contributed by atoms with E-state index in [9.17, 15) is 4.39 Å². The molecule has 0 saturated heterocycles. The third-order valence-corrected chi connectivity index (χ3v) is 3.37. The van der Waals surface area contributed by atoms with E-state index < -0.39 is 5.82 Å². The predicted molar refractivity (Wildman–Crippen MR) is 77.0 cm³/mol. The van der Waals surface area contributed by atoms with Crippen LogP contribution in [0, 0.1) is 11.7 Å². The number of benzene rings is 1. The van der Waals surface area contributed by atoms with Crippen molar-refractivity contribution < 1.29 is 9.13 Å². The lowest BCUT2D eigenvalue weighted by atomic mass is 10.2. The van der Waals surface area contributed by atoms with E-state index in [-0.39, 0.29) is 5.75 Å². The molecule has 4 heteroatoms. The Morgan fingerprint density at radius 3 is 2.89 bits per heavy atom. The van der Waals surface area contributed by atoms with Gasteiger partial charge in [0.2, 0.25) is 0 Å². The number of nitrogen functional groups attached to an aromatic ring is 1. The monoisotopic (exact) mass is 266 g/mol. The molecule has 0 atom stereocenters. The van der Waals surface area contributed by atoms with Gasteiger partial charge in [0.05, 0.1) is 18.0 Å². The normalized spacial score (nSPS) is 14.4. The minimum atomic E-state index is -0.394. The van der Waals surface area contributed by atoms with Gasteiger partial charge in [0.25, 0.3) is 0 Å². The van der Waals surface area contributed by atoms with Gasteiger partial charge < -0.3 is 15.8 Å². The van der Waals surface area contributed by atoms with Crippen LogP contribution < -0.4 is 15.8 Å². The zero-order valence-corrected chi connectivity index (χ0v) is 11.5. The highest BCUT2D eigenvalue weighted by Crippen LogP contribution is 2.33. The van der Waals surface area contributed by atoms with E-state index >= 15 is 0 Å². The summed E-state index contributed by atoms with van der Waals surface area (Å²) in [6.45, 7) is 3.38. The van der Waals surface area contributed by atoms with E-state index in [2.05, 4.69) is 5.32 Å². The van der Waals surface area contributed by atoms with Crippen LogP contribution in [0.5, 0.6) is 5.75 Å². The molecule has 3 nitrogen and oxygen atoms in total. The molecule has 1 saturated carbocycles. The molecule has 1 fully saturated rings. The molecule has 1 aliphatic carbocycles. The highest BCUT2D eigenvalue weighted by Gasteiger charge is 2.20. The first kappa shape index (κ1) is 14.0. The van der Waals surface area contributed by atoms with Crippen molar-refractivity contribution in [2.75, 3.05) is 24.2 Å². The number of nitrogens with one attached hydrogen (secondary N) is 1. The number of halogens is 1. The summed E-state index contributed by atoms with van der Waals surface area (Å²) in [6.07, 6.45) is 6.02. The van der Waals surface area contributed by atoms with Crippen molar-refractivity contribution in [3.63, 3.8) is 0 Å². The van der Waals surface area contributed by atoms with Crippen molar-refractivity contribution in [2.45, 2.75) is 39.0 Å². The molecular formula is C15H23FN2O. The highest BCUT2D eigenvalue weighted by atomic mass is 19.1. The smallest absolute Gasteiger partial charge is 0.167 e. The van der Waals surface area contributed by atoms with Crippen LogP contribution >= 0.6 is 0 Å². The molecule has 0 spiro atoms. The molecule has 1 aromatic rings. The fourth-order valence-corrected chi connectivity index (χ4v) is 2.06. The van der Waals surface area contributed by atoms with Gasteiger partial charge in [-0.2, -0.15) is 0 Å². The maximum absolute atomic E-state index is 13.6. The number of anilines is 2. The van der Waals surface area contributed by atoms with Gasteiger partial charge in [-0.05, 0) is 25.2 Å². The maximum atomic E-state index is 13.6. The fourth-order valence-electron chi connectivity index (χ4n) is 2.06. The molecule has 3 N–H and O–H groups in total. The third-order valence-electron chi connectivity index (χ3n) is 3.37. The van der Waals surface area contributed by atoms with E-state index in [0.29, 0.717) is 12.3 Å². The van der Waals surface area contributed by atoms with E-state index in [1.165, 1.54) is 25.3 Å². The van der Waals surface area contributed by atoms with Gasteiger partial charge in [-0.3, -0.25) is 0 Å². The second-order valence-electron chi connectivity index (χ2n) is 5.23. The lowest BCUT2D eigenvalue weighted by Crippen LogP contribution is -2.06. The Hall–Kier alpha value is -1.45. The van der Waals surface area contributed by atoms with Gasteiger partial charge in [0.1, 0.15) is 0 Å². The molecule has 0 heterocycles. The van der Waals surface area contributed by atoms with E-state index in [1.54, 1.807) is 6.07 Å². The molecule has 0 aliphatic heterocycles. The van der Waals surface area contributed by atoms with E-state index in [4.69, 9.17) is 10.5 Å². The Bertz CT molecular complexity index is 419. The SMILES string of the molecule is CCCOc1cc(NCCCC2CC2)c(N)cc1F. The predicted octanol–water partition coefficient (Wildman–Crippen LogP) is 3.80. The van der Waals surface area contributed by atoms with Crippen molar-refractivity contribution in [1.82, 2.24) is 0 Å². The Labute approximate surface area is 114 Å². The average Bonchev–Trinajstić information content (AvgIpc) is 3.19. The van der Waals surface area contributed by atoms with Gasteiger partial charge >= 0.3 is 0 Å². The summed E-state index contributed by atoms with van der Waals surface area (Å²) < 4.78 is 19.0. The molecule has 106 valence electrons. The lowest BCUT2D eigenvalue weighted by Gasteiger charge is -2.13. The van der Waals surface area contributed by atoms with E-state index in [1.807, 2.05) is 6.92 Å². The van der Waals surface area contributed by atoms with Crippen molar-refractivity contribution in [3.05, 3.63) is 17.9 Å². The molecular weight excluding hydrogens is 243 g/mol. The second-order valence-corrected chi connectivity index (χ2v) is 5.23. The first-order valence-electron chi connectivity index (χ1n) is 7.16. The maximum Gasteiger partial charge on any atom is 0.167 e. The minimum Gasteiger partial charge on any atom is -0.490 e. The van der Waals surface area contributed by atoms with Gasteiger partial charge in [-0.25, -0.2) is 4.39 Å². The standard InChI is InChI=1S/C15H23FN2O/c1-2-8-19-15-10-14(13(17)9-12(15)16)18-7-3-4-11-5-6-11/h9-11,18H,2-8,17H2,1H3. The van der Waals surface area contributed by atoms with Crippen LogP contribution in [-0.4, -0.2) is 13.2 Å². The molecule has 0 aromatic heterocycles. The molecule has 0 radical (unpaired) electrons. The Morgan fingerprint density at radius 1 is 1.42 bits per heavy atom. The summed E-state index contributed by atoms with van der Waals surface area (Å²) >= 11 is 0. The quantitative estimate of drug-likeness (QED) is 0.556. The zero-order valence-electron chi connectivity index (χ0n) is 11.5. The summed E-state index contributed by atoms with van der Waals surface area (Å²) in [5, 5.41) is 3.27. The van der Waals surface area contributed by atoms with Crippen LogP contribution in [0.15, 0.2) is 12.1 Å². The van der Waals surface area contributed by atoms with Gasteiger partial charge in [-0.15, -0.1) is 0 Å². The largest absolute Gasteiger partial charge is 0.490 e. The van der Waals surface area contributed by atoms with Gasteiger partial charge in [0.15, 0.2) is 11.6 Å². The molecule has 19 heavy (non-hydrogen) atoms. The van der Waals surface area contributed by atoms with Crippen molar-refractivity contribution in [1.29, 1.82) is 0 Å². The highest BCUT2D eigenvalue weighted by molar-refractivity contribution is 5.68. The van der Waals surface area contributed by atoms with Crippen molar-refractivity contribution >= 4 is 11.4 Å². The lowest BCUT2D eigenvalue weighted by molar-refractivity contribution is 0.301. The van der Waals surface area contributed by atoms with E-state index in [0.717, 1.165) is 31.0 Å². The molecule has 0 amide bonds. The van der Waals surface area contributed by atoms with Crippen molar-refractivity contribution in [2.24, 2.45) is 5.92 Å². The summed E-state index contributed by atoms with van der Waals surface area (Å²) in [6, 6.07) is 2.99. The van der Waals surface area contributed by atoms with Gasteiger partial charge in [0, 0.05) is 18.7 Å². The molecule has 1 aliphatic rings. The number of nitrogens with two attached hydrogens (primary N) is 1. The molecule has 2 rings (SSSR count). The van der Waals surface area contributed by atoms with Crippen LogP contribution in [0.25, 0.3) is 0 Å². The van der Waals surface area contributed by atoms with Crippen LogP contribution in [0.2, 0.25) is 0 Å². The van der Waals surface area contributed by atoms with Gasteiger partial charge in [-0.1, -0.05) is 19.8 Å². The Kier molecular flexibility index (Phi) is 4.88. The molecule has 0 bridgehead atoms.